The molecule has 1 aromatic carbocycles. The van der Waals surface area contributed by atoms with Gasteiger partial charge < -0.3 is 45.1 Å². The van der Waals surface area contributed by atoms with Gasteiger partial charge in [-0.2, -0.15) is 0 Å². The largest absolute Gasteiger partial charge is 0.481 e. The first kappa shape index (κ1) is 76.4. The summed E-state index contributed by atoms with van der Waals surface area (Å²) in [7, 11) is 4.26. The summed E-state index contributed by atoms with van der Waals surface area (Å²) >= 11 is 0. The molecular formula is C70H118N4O11. The molecule has 484 valence electrons. The van der Waals surface area contributed by atoms with E-state index in [1.807, 2.05) is 0 Å². The second-order valence-corrected chi connectivity index (χ2v) is 23.8. The van der Waals surface area contributed by atoms with E-state index in [2.05, 4.69) is 97.4 Å². The summed E-state index contributed by atoms with van der Waals surface area (Å²) in [6.07, 6.45) is 56.0. The zero-order chi connectivity index (χ0) is 61.9. The summed E-state index contributed by atoms with van der Waals surface area (Å²) in [5.41, 5.74) is 0.830. The van der Waals surface area contributed by atoms with Crippen LogP contribution in [0.5, 0.6) is 0 Å². The molecule has 2 rings (SSSR count). The lowest BCUT2D eigenvalue weighted by Gasteiger charge is -2.29. The van der Waals surface area contributed by atoms with Gasteiger partial charge >= 0.3 is 17.9 Å². The molecule has 0 bridgehead atoms. The summed E-state index contributed by atoms with van der Waals surface area (Å²) < 4.78 is 20.4. The maximum atomic E-state index is 12.9. The van der Waals surface area contributed by atoms with Crippen molar-refractivity contribution in [1.82, 2.24) is 20.9 Å². The molecule has 85 heavy (non-hydrogen) atoms. The second-order valence-electron chi connectivity index (χ2n) is 23.8. The van der Waals surface area contributed by atoms with Crippen molar-refractivity contribution in [2.24, 2.45) is 0 Å². The minimum atomic E-state index is -1.32. The highest BCUT2D eigenvalue weighted by Gasteiger charge is 2.46. The Morgan fingerprint density at radius 1 is 0.518 bits per heavy atom. The molecule has 2 amide bonds. The smallest absolute Gasteiger partial charge is 0.320 e. The van der Waals surface area contributed by atoms with Gasteiger partial charge in [-0.1, -0.05) is 152 Å². The van der Waals surface area contributed by atoms with Gasteiger partial charge in [0.25, 0.3) is 11.8 Å². The monoisotopic (exact) mass is 1190 g/mol. The highest BCUT2D eigenvalue weighted by atomic mass is 16.8. The van der Waals surface area contributed by atoms with Gasteiger partial charge in [-0.3, -0.25) is 29.3 Å². The Hall–Kier alpha value is -4.67. The minimum absolute atomic E-state index is 0.0160. The van der Waals surface area contributed by atoms with Crippen LogP contribution < -0.4 is 16.0 Å². The first-order chi connectivity index (χ1) is 41.3. The van der Waals surface area contributed by atoms with E-state index in [9.17, 15) is 34.2 Å². The number of amides is 2. The molecule has 2 unspecified atom stereocenters. The third-order valence-electron chi connectivity index (χ3n) is 15.8. The van der Waals surface area contributed by atoms with Crippen LogP contribution in [0.1, 0.15) is 272 Å². The van der Waals surface area contributed by atoms with Crippen molar-refractivity contribution in [3.63, 3.8) is 0 Å². The molecule has 15 nitrogen and oxygen atoms in total. The Balaban J connectivity index is 1.76. The highest BCUT2D eigenvalue weighted by molar-refractivity contribution is 5.97. The molecule has 6 N–H and O–H groups in total. The standard InChI is InChI=1S/C70H118N4O11/c1-5-7-9-11-13-15-17-19-21-23-25-27-29-31-33-38-52-70(53-39-34-32-30-28-26-24-22-20-18-16-14-12-10-8-6-2)84-63(50-56-74(3)4)64(85-70)51-58-83-57-42-36-35-40-54-71-66(77)59-44-46-60(47-45-59)67(78)72-55-41-37-43-61(68(79)80)73-62(69(81)82)48-49-65(75)76/h13-16,19-22,44-47,61-64,73H,5-12,17-18,23-43,48-58H2,1-4H3,(H,71,77)(H,72,78)(H,75,76)(H,79,80)(H,81,82)/b15-13-,16-14-,21-19-,22-20-/t61-,62+,63?,64?/m1/s1. The predicted molar refractivity (Wildman–Crippen MR) is 345 cm³/mol. The van der Waals surface area contributed by atoms with Gasteiger partial charge in [0, 0.05) is 63.2 Å². The van der Waals surface area contributed by atoms with Gasteiger partial charge in [0.05, 0.1) is 12.2 Å². The van der Waals surface area contributed by atoms with Crippen molar-refractivity contribution in [3.05, 3.63) is 84.0 Å². The third kappa shape index (κ3) is 40.4. The van der Waals surface area contributed by atoms with Crippen LogP contribution in [0.2, 0.25) is 0 Å². The first-order valence-corrected chi connectivity index (χ1v) is 33.6. The van der Waals surface area contributed by atoms with Crippen LogP contribution in [0.25, 0.3) is 0 Å². The molecule has 0 spiro atoms. The molecule has 1 saturated heterocycles. The van der Waals surface area contributed by atoms with Crippen LogP contribution in [-0.2, 0) is 28.6 Å². The number of allylic oxidation sites excluding steroid dienone is 8. The number of hydrogen-bond acceptors (Lipinski definition) is 10. The number of aliphatic carboxylic acids is 3. The van der Waals surface area contributed by atoms with Crippen LogP contribution in [0, 0.1) is 0 Å². The zero-order valence-corrected chi connectivity index (χ0v) is 53.5. The average molecular weight is 1190 g/mol. The number of rotatable bonds is 57. The summed E-state index contributed by atoms with van der Waals surface area (Å²) in [5, 5.41) is 36.1. The molecule has 0 radical (unpaired) electrons. The van der Waals surface area contributed by atoms with E-state index in [4.69, 9.17) is 19.3 Å². The summed E-state index contributed by atoms with van der Waals surface area (Å²) in [4.78, 5) is 61.9. The van der Waals surface area contributed by atoms with Gasteiger partial charge in [-0.15, -0.1) is 0 Å². The summed E-state index contributed by atoms with van der Waals surface area (Å²) in [5.74, 6) is -4.79. The lowest BCUT2D eigenvalue weighted by molar-refractivity contribution is -0.188. The molecule has 1 heterocycles. The molecule has 1 fully saturated rings. The Kier molecular flexibility index (Phi) is 46.2. The topological polar surface area (TPSA) is 213 Å². The number of carboxylic acids is 3. The van der Waals surface area contributed by atoms with Gasteiger partial charge in [0.15, 0.2) is 5.79 Å². The maximum Gasteiger partial charge on any atom is 0.320 e. The van der Waals surface area contributed by atoms with Crippen LogP contribution in [0.15, 0.2) is 72.9 Å². The Labute approximate surface area is 514 Å². The van der Waals surface area contributed by atoms with E-state index in [0.717, 1.165) is 83.6 Å². The van der Waals surface area contributed by atoms with E-state index in [-0.39, 0.29) is 43.4 Å². The van der Waals surface area contributed by atoms with E-state index in [1.165, 1.54) is 128 Å². The fourth-order valence-electron chi connectivity index (χ4n) is 10.6. The van der Waals surface area contributed by atoms with E-state index in [0.29, 0.717) is 43.7 Å². The van der Waals surface area contributed by atoms with Gasteiger partial charge in [-0.05, 0) is 167 Å². The van der Waals surface area contributed by atoms with Gasteiger partial charge in [0.2, 0.25) is 0 Å². The number of nitrogens with zero attached hydrogens (tertiary/aromatic N) is 1. The average Bonchev–Trinajstić information content (AvgIpc) is 3.86. The Morgan fingerprint density at radius 2 is 0.929 bits per heavy atom. The van der Waals surface area contributed by atoms with Crippen LogP contribution in [0.4, 0.5) is 0 Å². The van der Waals surface area contributed by atoms with Crippen LogP contribution in [-0.4, -0.2) is 127 Å². The number of benzene rings is 1. The van der Waals surface area contributed by atoms with Crippen molar-refractivity contribution in [2.75, 3.05) is 46.9 Å². The van der Waals surface area contributed by atoms with Crippen molar-refractivity contribution >= 4 is 29.7 Å². The fourth-order valence-corrected chi connectivity index (χ4v) is 10.6. The SMILES string of the molecule is CCCCC/C=C\C/C=C\CCCCCCCCC1(CCCCCCCC/C=C\C/C=C\CCCCC)OC(CCOCCCCCCNC(=O)c2ccc(C(=O)NCCCC[C@@H](N[C@@H](CCC(=O)O)C(=O)O)C(=O)O)cc2)C(CCN(C)C)O1. The Bertz CT molecular complexity index is 1960. The lowest BCUT2D eigenvalue weighted by Crippen LogP contribution is -2.47. The minimum Gasteiger partial charge on any atom is -0.481 e. The molecule has 4 atom stereocenters. The molecular weight excluding hydrogens is 1070 g/mol. The molecule has 0 aliphatic carbocycles. The molecule has 1 aliphatic rings. The number of unbranched alkanes of at least 4 members (excludes halogenated alkanes) is 22. The number of carbonyl (C=O) groups is 5. The number of hydrogen-bond donors (Lipinski definition) is 6. The second kappa shape index (κ2) is 51.4. The molecule has 0 aromatic heterocycles. The number of nitrogens with one attached hydrogen (secondary N) is 3. The molecule has 0 saturated carbocycles. The molecule has 15 heteroatoms. The fraction of sp³-hybridized carbons (Fsp3) is 0.729. The van der Waals surface area contributed by atoms with Crippen molar-refractivity contribution < 1.29 is 53.5 Å². The van der Waals surface area contributed by atoms with Crippen molar-refractivity contribution in [1.29, 1.82) is 0 Å². The summed E-state index contributed by atoms with van der Waals surface area (Å²) in [6.45, 7) is 7.59. The Morgan fingerprint density at radius 3 is 1.39 bits per heavy atom. The van der Waals surface area contributed by atoms with Gasteiger partial charge in [0.1, 0.15) is 12.1 Å². The molecule has 1 aliphatic heterocycles. The number of carbonyl (C=O) groups excluding carboxylic acids is 2. The maximum absolute atomic E-state index is 12.9. The normalized spacial score (nSPS) is 15.9. The predicted octanol–water partition coefficient (Wildman–Crippen LogP) is 15.5. The van der Waals surface area contributed by atoms with E-state index < -0.39 is 42.2 Å². The van der Waals surface area contributed by atoms with E-state index in [1.54, 1.807) is 24.3 Å². The lowest BCUT2D eigenvalue weighted by atomic mass is 9.98. The van der Waals surface area contributed by atoms with Crippen molar-refractivity contribution in [3.8, 4) is 0 Å². The molecule has 1 aromatic rings. The van der Waals surface area contributed by atoms with Crippen LogP contribution >= 0.6 is 0 Å². The van der Waals surface area contributed by atoms with Gasteiger partial charge in [-0.25, -0.2) is 0 Å². The zero-order valence-electron chi connectivity index (χ0n) is 53.5. The van der Waals surface area contributed by atoms with E-state index >= 15 is 0 Å². The quantitative estimate of drug-likeness (QED) is 0.0265. The first-order valence-electron chi connectivity index (χ1n) is 33.6. The number of ether oxygens (including phenoxy) is 3. The number of carboxylic acid groups (broad SMARTS) is 3. The van der Waals surface area contributed by atoms with Crippen molar-refractivity contribution in [2.45, 2.75) is 281 Å². The summed E-state index contributed by atoms with van der Waals surface area (Å²) in [6, 6.07) is 3.91. The third-order valence-corrected chi connectivity index (χ3v) is 15.8. The highest BCUT2D eigenvalue weighted by Crippen LogP contribution is 2.40. The van der Waals surface area contributed by atoms with Crippen LogP contribution in [0.3, 0.4) is 0 Å².